The molecule has 0 bridgehead atoms. The van der Waals surface area contributed by atoms with Gasteiger partial charge in [-0.25, -0.2) is 4.79 Å². The van der Waals surface area contributed by atoms with Gasteiger partial charge in [-0.1, -0.05) is 23.7 Å². The third-order valence-electron chi connectivity index (χ3n) is 3.91. The molecule has 20 heavy (non-hydrogen) atoms. The first kappa shape index (κ1) is 15.1. The minimum absolute atomic E-state index is 0.0132. The fourth-order valence-electron chi connectivity index (χ4n) is 2.42. The second-order valence-corrected chi connectivity index (χ2v) is 5.69. The van der Waals surface area contributed by atoms with Crippen molar-refractivity contribution in [2.75, 3.05) is 26.2 Å². The number of nitrogens with one attached hydrogen (secondary N) is 1. The molecule has 0 saturated heterocycles. The van der Waals surface area contributed by atoms with Gasteiger partial charge in [0.1, 0.15) is 0 Å². The highest BCUT2D eigenvalue weighted by Gasteiger charge is 2.44. The van der Waals surface area contributed by atoms with Crippen LogP contribution in [0, 0.1) is 0 Å². The number of hydrogen-bond donors (Lipinski definition) is 2. The molecule has 1 aromatic carbocycles. The fraction of sp³-hybridized carbons (Fsp3) is 0.533. The number of nitrogens with zero attached hydrogens (tertiary/aromatic N) is 1. The molecule has 110 valence electrons. The van der Waals surface area contributed by atoms with Crippen LogP contribution >= 0.6 is 11.6 Å². The van der Waals surface area contributed by atoms with E-state index in [-0.39, 0.29) is 18.1 Å². The van der Waals surface area contributed by atoms with Gasteiger partial charge < -0.3 is 15.3 Å². The Hall–Kier alpha value is -1.26. The summed E-state index contributed by atoms with van der Waals surface area (Å²) in [7, 11) is 0. The molecule has 4 nitrogen and oxygen atoms in total. The van der Waals surface area contributed by atoms with Crippen LogP contribution in [0.3, 0.4) is 0 Å². The summed E-state index contributed by atoms with van der Waals surface area (Å²) in [4.78, 5) is 13.6. The topological polar surface area (TPSA) is 52.6 Å². The summed E-state index contributed by atoms with van der Waals surface area (Å²) in [6.45, 7) is 3.47. The Bertz CT molecular complexity index is 475. The van der Waals surface area contributed by atoms with Crippen LogP contribution in [-0.2, 0) is 5.41 Å². The Kier molecular flexibility index (Phi) is 4.89. The number of hydrogen-bond acceptors (Lipinski definition) is 2. The summed E-state index contributed by atoms with van der Waals surface area (Å²) < 4.78 is 0. The van der Waals surface area contributed by atoms with Crippen molar-refractivity contribution in [1.82, 2.24) is 10.2 Å². The van der Waals surface area contributed by atoms with Crippen molar-refractivity contribution in [2.45, 2.75) is 25.2 Å². The number of aliphatic hydroxyl groups excluding tert-OH is 1. The van der Waals surface area contributed by atoms with Gasteiger partial charge in [0.05, 0.1) is 6.61 Å². The zero-order chi connectivity index (χ0) is 14.6. The summed E-state index contributed by atoms with van der Waals surface area (Å²) >= 11 is 6.03. The molecule has 0 aliphatic heterocycles. The molecule has 0 aromatic heterocycles. The van der Waals surface area contributed by atoms with Gasteiger partial charge in [0.25, 0.3) is 0 Å². The van der Waals surface area contributed by atoms with Crippen LogP contribution in [0.2, 0.25) is 5.02 Å². The van der Waals surface area contributed by atoms with Crippen molar-refractivity contribution in [3.8, 4) is 0 Å². The van der Waals surface area contributed by atoms with Gasteiger partial charge in [-0.2, -0.15) is 0 Å². The van der Waals surface area contributed by atoms with E-state index in [1.807, 2.05) is 25.1 Å². The standard InChI is InChI=1S/C15H21ClN2O2/c1-2-18(8-9-19)14(20)17-11-15(6-7-15)12-4-3-5-13(16)10-12/h3-5,10,19H,2,6-9,11H2,1H3,(H,17,20). The number of benzene rings is 1. The number of carbonyl (C=O) groups is 1. The van der Waals surface area contributed by atoms with Gasteiger partial charge in [-0.3, -0.25) is 0 Å². The third-order valence-corrected chi connectivity index (χ3v) is 4.14. The van der Waals surface area contributed by atoms with Crippen LogP contribution < -0.4 is 5.32 Å². The van der Waals surface area contributed by atoms with Crippen LogP contribution in [0.5, 0.6) is 0 Å². The maximum absolute atomic E-state index is 12.0. The molecule has 5 heteroatoms. The van der Waals surface area contributed by atoms with Gasteiger partial charge in [-0.15, -0.1) is 0 Å². The van der Waals surface area contributed by atoms with Crippen molar-refractivity contribution >= 4 is 17.6 Å². The number of aliphatic hydroxyl groups is 1. The maximum Gasteiger partial charge on any atom is 0.317 e. The molecular weight excluding hydrogens is 276 g/mol. The van der Waals surface area contributed by atoms with Crippen LogP contribution in [0.15, 0.2) is 24.3 Å². The number of rotatable bonds is 6. The SMILES string of the molecule is CCN(CCO)C(=O)NCC1(c2cccc(Cl)c2)CC1. The smallest absolute Gasteiger partial charge is 0.317 e. The van der Waals surface area contributed by atoms with Crippen molar-refractivity contribution < 1.29 is 9.90 Å². The van der Waals surface area contributed by atoms with E-state index in [4.69, 9.17) is 16.7 Å². The molecule has 1 saturated carbocycles. The molecule has 0 atom stereocenters. The van der Waals surface area contributed by atoms with E-state index in [0.717, 1.165) is 17.9 Å². The molecule has 2 amide bonds. The molecule has 1 aromatic rings. The number of amides is 2. The van der Waals surface area contributed by atoms with Crippen molar-refractivity contribution in [3.05, 3.63) is 34.9 Å². The number of urea groups is 1. The molecule has 1 fully saturated rings. The quantitative estimate of drug-likeness (QED) is 0.847. The number of halogens is 1. The van der Waals surface area contributed by atoms with E-state index < -0.39 is 0 Å². The summed E-state index contributed by atoms with van der Waals surface area (Å²) in [5.74, 6) is 0. The molecule has 1 aliphatic carbocycles. The van der Waals surface area contributed by atoms with Gasteiger partial charge in [0, 0.05) is 30.1 Å². The zero-order valence-corrected chi connectivity index (χ0v) is 12.5. The van der Waals surface area contributed by atoms with E-state index in [0.29, 0.717) is 19.6 Å². The Morgan fingerprint density at radius 3 is 2.80 bits per heavy atom. The van der Waals surface area contributed by atoms with E-state index in [2.05, 4.69) is 11.4 Å². The summed E-state index contributed by atoms with van der Waals surface area (Å²) in [6, 6.07) is 7.74. The third kappa shape index (κ3) is 3.44. The van der Waals surface area contributed by atoms with E-state index >= 15 is 0 Å². The van der Waals surface area contributed by atoms with Gasteiger partial charge in [0.15, 0.2) is 0 Å². The molecule has 0 radical (unpaired) electrons. The molecule has 1 aliphatic rings. The molecule has 0 heterocycles. The Morgan fingerprint density at radius 2 is 2.25 bits per heavy atom. The molecule has 2 N–H and O–H groups in total. The average Bonchev–Trinajstić information content (AvgIpc) is 3.23. The monoisotopic (exact) mass is 296 g/mol. The van der Waals surface area contributed by atoms with Gasteiger partial charge in [0.2, 0.25) is 0 Å². The second kappa shape index (κ2) is 6.46. The normalized spacial score (nSPS) is 15.8. The lowest BCUT2D eigenvalue weighted by Gasteiger charge is -2.23. The van der Waals surface area contributed by atoms with Crippen molar-refractivity contribution in [2.24, 2.45) is 0 Å². The molecule has 0 unspecified atom stereocenters. The lowest BCUT2D eigenvalue weighted by molar-refractivity contribution is 0.179. The Morgan fingerprint density at radius 1 is 1.50 bits per heavy atom. The Labute approximate surface area is 124 Å². The largest absolute Gasteiger partial charge is 0.395 e. The lowest BCUT2D eigenvalue weighted by atomic mass is 9.96. The van der Waals surface area contributed by atoms with Crippen LogP contribution in [-0.4, -0.2) is 42.3 Å². The molecule has 2 rings (SSSR count). The van der Waals surface area contributed by atoms with Crippen molar-refractivity contribution in [1.29, 1.82) is 0 Å². The summed E-state index contributed by atoms with van der Waals surface area (Å²) in [6.07, 6.45) is 2.14. The first-order valence-electron chi connectivity index (χ1n) is 7.01. The maximum atomic E-state index is 12.0. The highest BCUT2D eigenvalue weighted by molar-refractivity contribution is 6.30. The first-order chi connectivity index (χ1) is 9.61. The predicted molar refractivity (Wildman–Crippen MR) is 80.1 cm³/mol. The van der Waals surface area contributed by atoms with Gasteiger partial charge in [-0.05, 0) is 37.5 Å². The molecule has 0 spiro atoms. The first-order valence-corrected chi connectivity index (χ1v) is 7.39. The predicted octanol–water partition coefficient (Wildman–Crippen LogP) is 2.40. The van der Waals surface area contributed by atoms with Crippen molar-refractivity contribution in [3.63, 3.8) is 0 Å². The van der Waals surface area contributed by atoms with Crippen LogP contribution in [0.1, 0.15) is 25.3 Å². The Balaban J connectivity index is 1.95. The number of carbonyl (C=O) groups excluding carboxylic acids is 1. The second-order valence-electron chi connectivity index (χ2n) is 5.25. The number of likely N-dealkylation sites (N-methyl/N-ethyl adjacent to an activating group) is 1. The van der Waals surface area contributed by atoms with E-state index in [1.54, 1.807) is 4.90 Å². The minimum atomic E-state index is -0.116. The van der Waals surface area contributed by atoms with E-state index in [9.17, 15) is 4.79 Å². The average molecular weight is 297 g/mol. The highest BCUT2D eigenvalue weighted by Crippen LogP contribution is 2.48. The van der Waals surface area contributed by atoms with Gasteiger partial charge >= 0.3 is 6.03 Å². The zero-order valence-electron chi connectivity index (χ0n) is 11.7. The fourth-order valence-corrected chi connectivity index (χ4v) is 2.61. The van der Waals surface area contributed by atoms with Crippen LogP contribution in [0.25, 0.3) is 0 Å². The van der Waals surface area contributed by atoms with Crippen LogP contribution in [0.4, 0.5) is 4.79 Å². The molecular formula is C15H21ClN2O2. The summed E-state index contributed by atoms with van der Waals surface area (Å²) in [5.41, 5.74) is 1.23. The lowest BCUT2D eigenvalue weighted by Crippen LogP contribution is -2.44. The highest BCUT2D eigenvalue weighted by atomic mass is 35.5. The minimum Gasteiger partial charge on any atom is -0.395 e. The summed E-state index contributed by atoms with van der Waals surface area (Å²) in [5, 5.41) is 12.6. The van der Waals surface area contributed by atoms with E-state index in [1.165, 1.54) is 5.56 Å².